The lowest BCUT2D eigenvalue weighted by Crippen LogP contribution is -2.50. The molecule has 1 amide bonds. The van der Waals surface area contributed by atoms with Crippen LogP contribution in [0.15, 0.2) is 34.1 Å². The number of carbonyl (C=O) groups excluding carboxylic acids is 1. The van der Waals surface area contributed by atoms with Gasteiger partial charge >= 0.3 is 0 Å². The summed E-state index contributed by atoms with van der Waals surface area (Å²) in [6, 6.07) is 6.63. The Balaban J connectivity index is 2.72. The van der Waals surface area contributed by atoms with Crippen LogP contribution >= 0.6 is 11.8 Å². The Bertz CT molecular complexity index is 580. The van der Waals surface area contributed by atoms with E-state index in [1.807, 2.05) is 6.92 Å². The fourth-order valence-corrected chi connectivity index (χ4v) is 3.55. The van der Waals surface area contributed by atoms with E-state index in [4.69, 9.17) is 11.5 Å². The number of sulfone groups is 1. The summed E-state index contributed by atoms with van der Waals surface area (Å²) in [5.41, 5.74) is 10.0. The van der Waals surface area contributed by atoms with Crippen LogP contribution in [0, 0.1) is 0 Å². The number of amides is 1. The van der Waals surface area contributed by atoms with Gasteiger partial charge in [0.1, 0.15) is 0 Å². The van der Waals surface area contributed by atoms with Crippen molar-refractivity contribution in [3.05, 3.63) is 24.3 Å². The van der Waals surface area contributed by atoms with Crippen LogP contribution in [0.25, 0.3) is 0 Å². The summed E-state index contributed by atoms with van der Waals surface area (Å²) in [7, 11) is -3.18. The van der Waals surface area contributed by atoms with Gasteiger partial charge in [0.15, 0.2) is 9.84 Å². The highest BCUT2D eigenvalue weighted by Gasteiger charge is 2.28. The molecular weight excluding hydrogens is 296 g/mol. The molecular formula is C13H20N2O3S2. The molecule has 0 aliphatic heterocycles. The van der Waals surface area contributed by atoms with Crippen LogP contribution in [0.2, 0.25) is 0 Å². The summed E-state index contributed by atoms with van der Waals surface area (Å²) in [5.74, 6) is -0.530. The quantitative estimate of drug-likeness (QED) is 0.767. The first-order valence-corrected chi connectivity index (χ1v) is 8.85. The third-order valence-electron chi connectivity index (χ3n) is 2.86. The van der Waals surface area contributed by atoms with Gasteiger partial charge in [-0.05, 0) is 37.6 Å². The topological polar surface area (TPSA) is 103 Å². The molecule has 0 spiro atoms. The maximum absolute atomic E-state index is 11.4. The fourth-order valence-electron chi connectivity index (χ4n) is 1.74. The maximum Gasteiger partial charge on any atom is 0.237 e. The van der Waals surface area contributed by atoms with Crippen LogP contribution in [0.1, 0.15) is 20.3 Å². The Kier molecular flexibility index (Phi) is 5.23. The lowest BCUT2D eigenvalue weighted by molar-refractivity contribution is -0.122. The first-order chi connectivity index (χ1) is 9.02. The van der Waals surface area contributed by atoms with Crippen LogP contribution in [-0.2, 0) is 14.6 Å². The van der Waals surface area contributed by atoms with Crippen molar-refractivity contribution in [2.45, 2.75) is 40.8 Å². The molecule has 0 aliphatic carbocycles. The van der Waals surface area contributed by atoms with Crippen molar-refractivity contribution in [1.29, 1.82) is 0 Å². The van der Waals surface area contributed by atoms with Crippen molar-refractivity contribution in [1.82, 2.24) is 0 Å². The van der Waals surface area contributed by atoms with Crippen LogP contribution in [0.4, 0.5) is 0 Å². The Morgan fingerprint density at radius 3 is 2.25 bits per heavy atom. The zero-order chi connectivity index (χ0) is 15.6. The standard InChI is InChI=1S/C13H20N2O3S2/c1-9(8-13(2,15)12(14)16)19-10-4-6-11(7-5-10)20(3,17)18/h4-7,9H,8,15H2,1-3H3,(H2,14,16). The lowest BCUT2D eigenvalue weighted by Gasteiger charge is -2.24. The molecule has 0 bridgehead atoms. The summed E-state index contributed by atoms with van der Waals surface area (Å²) in [4.78, 5) is 12.4. The van der Waals surface area contributed by atoms with E-state index >= 15 is 0 Å². The number of hydrogen-bond acceptors (Lipinski definition) is 5. The summed E-state index contributed by atoms with van der Waals surface area (Å²) in [6.07, 6.45) is 1.62. The Morgan fingerprint density at radius 1 is 1.35 bits per heavy atom. The predicted octanol–water partition coefficient (Wildman–Crippen LogP) is 1.16. The fraction of sp³-hybridized carbons (Fsp3) is 0.462. The van der Waals surface area contributed by atoms with Crippen molar-refractivity contribution in [2.24, 2.45) is 11.5 Å². The molecule has 2 atom stereocenters. The number of nitrogens with two attached hydrogens (primary N) is 2. The zero-order valence-corrected chi connectivity index (χ0v) is 13.4. The van der Waals surface area contributed by atoms with Gasteiger partial charge < -0.3 is 11.5 Å². The number of hydrogen-bond donors (Lipinski definition) is 2. The smallest absolute Gasteiger partial charge is 0.237 e. The van der Waals surface area contributed by atoms with E-state index in [1.54, 1.807) is 31.2 Å². The SMILES string of the molecule is CC(CC(C)(N)C(N)=O)Sc1ccc(S(C)(=O)=O)cc1. The minimum atomic E-state index is -3.18. The summed E-state index contributed by atoms with van der Waals surface area (Å²) in [6.45, 7) is 3.56. The molecule has 1 aromatic carbocycles. The summed E-state index contributed by atoms with van der Waals surface area (Å²) >= 11 is 1.52. The van der Waals surface area contributed by atoms with Crippen molar-refractivity contribution >= 4 is 27.5 Å². The van der Waals surface area contributed by atoms with Crippen molar-refractivity contribution in [3.63, 3.8) is 0 Å². The summed E-state index contributed by atoms with van der Waals surface area (Å²) in [5, 5.41) is 0.0848. The number of thioether (sulfide) groups is 1. The predicted molar refractivity (Wildman–Crippen MR) is 81.3 cm³/mol. The van der Waals surface area contributed by atoms with E-state index in [0.29, 0.717) is 6.42 Å². The molecule has 112 valence electrons. The van der Waals surface area contributed by atoms with Gasteiger partial charge in [-0.2, -0.15) is 0 Å². The molecule has 0 aromatic heterocycles. The first-order valence-electron chi connectivity index (χ1n) is 6.08. The first kappa shape index (κ1) is 17.0. The van der Waals surface area contributed by atoms with E-state index < -0.39 is 21.3 Å². The van der Waals surface area contributed by atoms with Gasteiger partial charge in [0.2, 0.25) is 5.91 Å². The van der Waals surface area contributed by atoms with Crippen LogP contribution in [-0.4, -0.2) is 31.4 Å². The van der Waals surface area contributed by atoms with E-state index in [-0.39, 0.29) is 10.1 Å². The molecule has 0 saturated carbocycles. The number of primary amides is 1. The van der Waals surface area contributed by atoms with Gasteiger partial charge in [-0.15, -0.1) is 11.8 Å². The Labute approximate surface area is 124 Å². The van der Waals surface area contributed by atoms with E-state index in [0.717, 1.165) is 4.90 Å². The molecule has 20 heavy (non-hydrogen) atoms. The van der Waals surface area contributed by atoms with Gasteiger partial charge in [0, 0.05) is 16.4 Å². The van der Waals surface area contributed by atoms with Crippen LogP contribution in [0.5, 0.6) is 0 Å². The molecule has 0 fully saturated rings. The second-order valence-corrected chi connectivity index (χ2v) is 8.69. The molecule has 0 aliphatic rings. The average molecular weight is 316 g/mol. The van der Waals surface area contributed by atoms with E-state index in [2.05, 4.69) is 0 Å². The highest BCUT2D eigenvalue weighted by Crippen LogP contribution is 2.28. The minimum Gasteiger partial charge on any atom is -0.368 e. The third kappa shape index (κ3) is 4.81. The number of benzene rings is 1. The van der Waals surface area contributed by atoms with Crippen LogP contribution in [0.3, 0.4) is 0 Å². The van der Waals surface area contributed by atoms with E-state index in [1.165, 1.54) is 18.0 Å². The summed E-state index contributed by atoms with van der Waals surface area (Å²) < 4.78 is 22.7. The molecule has 0 saturated heterocycles. The second kappa shape index (κ2) is 6.15. The molecule has 1 aromatic rings. The largest absolute Gasteiger partial charge is 0.368 e. The zero-order valence-electron chi connectivity index (χ0n) is 11.8. The van der Waals surface area contributed by atoms with Gasteiger partial charge in [0.25, 0.3) is 0 Å². The lowest BCUT2D eigenvalue weighted by atomic mass is 9.97. The Hall–Kier alpha value is -1.05. The minimum absolute atomic E-state index is 0.0848. The molecule has 1 rings (SSSR count). The maximum atomic E-state index is 11.4. The van der Waals surface area contributed by atoms with Gasteiger partial charge in [-0.25, -0.2) is 8.42 Å². The van der Waals surface area contributed by atoms with Crippen LogP contribution < -0.4 is 11.5 Å². The normalized spacial score (nSPS) is 16.4. The van der Waals surface area contributed by atoms with Gasteiger partial charge in [0.05, 0.1) is 10.4 Å². The van der Waals surface area contributed by atoms with Crippen molar-refractivity contribution < 1.29 is 13.2 Å². The molecule has 7 heteroatoms. The molecule has 5 nitrogen and oxygen atoms in total. The Morgan fingerprint density at radius 2 is 1.85 bits per heavy atom. The third-order valence-corrected chi connectivity index (χ3v) is 5.11. The van der Waals surface area contributed by atoms with E-state index in [9.17, 15) is 13.2 Å². The molecule has 4 N–H and O–H groups in total. The van der Waals surface area contributed by atoms with Gasteiger partial charge in [-0.1, -0.05) is 6.92 Å². The number of carbonyl (C=O) groups is 1. The molecule has 0 radical (unpaired) electrons. The monoisotopic (exact) mass is 316 g/mol. The van der Waals surface area contributed by atoms with Crippen molar-refractivity contribution in [3.8, 4) is 0 Å². The van der Waals surface area contributed by atoms with Crippen molar-refractivity contribution in [2.75, 3.05) is 6.26 Å². The number of rotatable bonds is 6. The average Bonchev–Trinajstić information content (AvgIpc) is 2.27. The highest BCUT2D eigenvalue weighted by molar-refractivity contribution is 8.00. The second-order valence-electron chi connectivity index (χ2n) is 5.16. The highest BCUT2D eigenvalue weighted by atomic mass is 32.2. The molecule has 0 heterocycles. The van der Waals surface area contributed by atoms with Gasteiger partial charge in [-0.3, -0.25) is 4.79 Å². The molecule has 2 unspecified atom stereocenters.